The van der Waals surface area contributed by atoms with Gasteiger partial charge in [-0.3, -0.25) is 19.1 Å². The number of ether oxygens (including phenoxy) is 2. The molecule has 1 fully saturated rings. The highest BCUT2D eigenvalue weighted by Gasteiger charge is 2.43. The number of hydrogen-bond donors (Lipinski definition) is 4. The van der Waals surface area contributed by atoms with Crippen LogP contribution in [0.1, 0.15) is 11.8 Å². The molecule has 1 saturated heterocycles. The van der Waals surface area contributed by atoms with E-state index in [4.69, 9.17) is 9.84 Å². The van der Waals surface area contributed by atoms with Crippen molar-refractivity contribution in [3.63, 3.8) is 0 Å². The van der Waals surface area contributed by atoms with Crippen molar-refractivity contribution in [2.75, 3.05) is 13.7 Å². The normalized spacial score (nSPS) is 27.8. The van der Waals surface area contributed by atoms with Crippen molar-refractivity contribution in [1.29, 1.82) is 0 Å². The number of aliphatic hydroxyl groups is 3. The van der Waals surface area contributed by atoms with Gasteiger partial charge < -0.3 is 24.8 Å². The van der Waals surface area contributed by atoms with Gasteiger partial charge in [0.2, 0.25) is 0 Å². The fourth-order valence-corrected chi connectivity index (χ4v) is 2.18. The molecule has 0 amide bonds. The first kappa shape index (κ1) is 16.4. The summed E-state index contributed by atoms with van der Waals surface area (Å²) >= 11 is 0. The lowest BCUT2D eigenvalue weighted by atomic mass is 10.1. The third-order valence-corrected chi connectivity index (χ3v) is 3.40. The van der Waals surface area contributed by atoms with Crippen molar-refractivity contribution in [2.45, 2.75) is 31.0 Å². The zero-order chi connectivity index (χ0) is 16.4. The zero-order valence-corrected chi connectivity index (χ0v) is 11.6. The van der Waals surface area contributed by atoms with Crippen molar-refractivity contribution < 1.29 is 29.6 Å². The van der Waals surface area contributed by atoms with Gasteiger partial charge in [-0.05, 0) is 0 Å². The van der Waals surface area contributed by atoms with Crippen LogP contribution in [0.2, 0.25) is 0 Å². The van der Waals surface area contributed by atoms with Crippen LogP contribution < -0.4 is 11.2 Å². The molecule has 0 spiro atoms. The van der Waals surface area contributed by atoms with Crippen LogP contribution in [0.5, 0.6) is 0 Å². The highest BCUT2D eigenvalue weighted by Crippen LogP contribution is 2.27. The predicted molar refractivity (Wildman–Crippen MR) is 70.1 cm³/mol. The third-order valence-electron chi connectivity index (χ3n) is 3.40. The third kappa shape index (κ3) is 2.95. The number of H-pyrrole nitrogens is 1. The van der Waals surface area contributed by atoms with Gasteiger partial charge in [0.05, 0.1) is 20.1 Å². The van der Waals surface area contributed by atoms with E-state index < -0.39 is 48.4 Å². The Bertz CT molecular complexity index is 666. The van der Waals surface area contributed by atoms with Gasteiger partial charge in [-0.2, -0.15) is 0 Å². The molecule has 1 aliphatic heterocycles. The fourth-order valence-electron chi connectivity index (χ4n) is 2.18. The van der Waals surface area contributed by atoms with E-state index in [9.17, 15) is 24.6 Å². The first-order chi connectivity index (χ1) is 10.4. The molecule has 10 nitrogen and oxygen atoms in total. The Labute approximate surface area is 123 Å². The first-order valence-corrected chi connectivity index (χ1v) is 6.42. The van der Waals surface area contributed by atoms with Crippen molar-refractivity contribution in [1.82, 2.24) is 9.55 Å². The number of esters is 1. The molecule has 122 valence electrons. The second-order valence-corrected chi connectivity index (χ2v) is 4.80. The van der Waals surface area contributed by atoms with E-state index in [2.05, 4.69) is 4.74 Å². The molecule has 0 aromatic carbocycles. The number of hydrogen-bond acceptors (Lipinski definition) is 8. The topological polar surface area (TPSA) is 151 Å². The largest absolute Gasteiger partial charge is 0.469 e. The minimum Gasteiger partial charge on any atom is -0.469 e. The lowest BCUT2D eigenvalue weighted by Crippen LogP contribution is -2.39. The molecule has 1 aliphatic rings. The van der Waals surface area contributed by atoms with E-state index in [0.29, 0.717) is 0 Å². The summed E-state index contributed by atoms with van der Waals surface area (Å²) < 4.78 is 10.5. The second kappa shape index (κ2) is 6.40. The van der Waals surface area contributed by atoms with Crippen LogP contribution in [0.15, 0.2) is 15.8 Å². The number of carbonyl (C=O) groups excluding carboxylic acids is 1. The van der Waals surface area contributed by atoms with Gasteiger partial charge in [0.25, 0.3) is 5.56 Å². The van der Waals surface area contributed by atoms with Gasteiger partial charge in [0.15, 0.2) is 6.23 Å². The van der Waals surface area contributed by atoms with Crippen molar-refractivity contribution >= 4 is 5.97 Å². The van der Waals surface area contributed by atoms with Crippen LogP contribution in [0.3, 0.4) is 0 Å². The summed E-state index contributed by atoms with van der Waals surface area (Å²) in [5, 5.41) is 28.6. The highest BCUT2D eigenvalue weighted by atomic mass is 16.6. The van der Waals surface area contributed by atoms with Crippen LogP contribution in [-0.4, -0.2) is 62.9 Å². The van der Waals surface area contributed by atoms with Gasteiger partial charge in [-0.1, -0.05) is 0 Å². The number of aromatic nitrogens is 2. The molecule has 22 heavy (non-hydrogen) atoms. The summed E-state index contributed by atoms with van der Waals surface area (Å²) in [6.07, 6.45) is -4.56. The molecule has 0 aliphatic carbocycles. The summed E-state index contributed by atoms with van der Waals surface area (Å²) in [7, 11) is 1.15. The molecular weight excluding hydrogens is 300 g/mol. The Morgan fingerprint density at radius 1 is 1.41 bits per heavy atom. The molecule has 2 heterocycles. The van der Waals surface area contributed by atoms with Crippen LogP contribution in [0, 0.1) is 0 Å². The predicted octanol–water partition coefficient (Wildman–Crippen LogP) is -3.14. The number of carbonyl (C=O) groups is 1. The van der Waals surface area contributed by atoms with Gasteiger partial charge in [0.1, 0.15) is 18.3 Å². The fraction of sp³-hybridized carbons (Fsp3) is 0.583. The molecule has 2 rings (SSSR count). The van der Waals surface area contributed by atoms with Crippen LogP contribution in [-0.2, 0) is 20.7 Å². The zero-order valence-electron chi connectivity index (χ0n) is 11.6. The number of methoxy groups -OCH3 is 1. The second-order valence-electron chi connectivity index (χ2n) is 4.80. The summed E-state index contributed by atoms with van der Waals surface area (Å²) in [6, 6.07) is 0. The van der Waals surface area contributed by atoms with Gasteiger partial charge in [-0.25, -0.2) is 4.79 Å². The standard InChI is InChI=1S/C12H16N2O8/c1-21-7(16)2-5-3-14(12(20)13-10(5)19)11-9(18)8(17)6(4-15)22-11/h3,6,8-9,11,15,17-18H,2,4H2,1H3,(H,13,19,20)/t6-,8-,9-,11+/m1/s1. The Kier molecular flexibility index (Phi) is 4.76. The van der Waals surface area contributed by atoms with Gasteiger partial charge in [-0.15, -0.1) is 0 Å². The minimum absolute atomic E-state index is 0.0656. The van der Waals surface area contributed by atoms with Crippen LogP contribution >= 0.6 is 0 Å². The summed E-state index contributed by atoms with van der Waals surface area (Å²) in [5.74, 6) is -0.683. The number of aromatic amines is 1. The van der Waals surface area contributed by atoms with E-state index in [1.807, 2.05) is 4.98 Å². The molecule has 0 bridgehead atoms. The Balaban J connectivity index is 2.39. The maximum Gasteiger partial charge on any atom is 0.330 e. The number of nitrogens with zero attached hydrogens (tertiary/aromatic N) is 1. The smallest absolute Gasteiger partial charge is 0.330 e. The minimum atomic E-state index is -1.48. The Morgan fingerprint density at radius 2 is 2.09 bits per heavy atom. The summed E-state index contributed by atoms with van der Waals surface area (Å²) in [4.78, 5) is 36.7. The molecule has 10 heteroatoms. The molecule has 1 aromatic heterocycles. The summed E-state index contributed by atoms with van der Waals surface area (Å²) in [6.45, 7) is -0.554. The lowest BCUT2D eigenvalue weighted by Gasteiger charge is -2.17. The van der Waals surface area contributed by atoms with Crippen LogP contribution in [0.4, 0.5) is 0 Å². The van der Waals surface area contributed by atoms with Crippen LogP contribution in [0.25, 0.3) is 0 Å². The van der Waals surface area contributed by atoms with E-state index in [-0.39, 0.29) is 12.0 Å². The van der Waals surface area contributed by atoms with E-state index in [1.165, 1.54) is 0 Å². The number of nitrogens with one attached hydrogen (secondary N) is 1. The van der Waals surface area contributed by atoms with Crippen molar-refractivity contribution in [3.8, 4) is 0 Å². The average molecular weight is 316 g/mol. The maximum absolute atomic E-state index is 11.8. The van der Waals surface area contributed by atoms with Gasteiger partial charge >= 0.3 is 11.7 Å². The summed E-state index contributed by atoms with van der Waals surface area (Å²) in [5.41, 5.74) is -1.71. The molecule has 0 radical (unpaired) electrons. The quantitative estimate of drug-likeness (QED) is 0.425. The SMILES string of the molecule is COC(=O)Cc1cn([C@H]2O[C@H](CO)[C@@H](O)[C@H]2O)c(=O)[nH]c1=O. The van der Waals surface area contributed by atoms with E-state index in [0.717, 1.165) is 17.9 Å². The molecule has 4 atom stereocenters. The molecular formula is C12H16N2O8. The first-order valence-electron chi connectivity index (χ1n) is 6.42. The monoisotopic (exact) mass is 316 g/mol. The van der Waals surface area contributed by atoms with Crippen molar-refractivity contribution in [3.05, 3.63) is 32.6 Å². The lowest BCUT2D eigenvalue weighted by molar-refractivity contribution is -0.139. The average Bonchev–Trinajstić information content (AvgIpc) is 2.77. The molecule has 1 aromatic rings. The van der Waals surface area contributed by atoms with E-state index in [1.54, 1.807) is 0 Å². The highest BCUT2D eigenvalue weighted by molar-refractivity contribution is 5.72. The Hall–Kier alpha value is -2.01. The van der Waals surface area contributed by atoms with E-state index >= 15 is 0 Å². The van der Waals surface area contributed by atoms with Gasteiger partial charge in [0, 0.05) is 11.8 Å². The number of aliphatic hydroxyl groups excluding tert-OH is 3. The molecule has 0 unspecified atom stereocenters. The molecule has 0 saturated carbocycles. The maximum atomic E-state index is 11.8. The molecule has 4 N–H and O–H groups in total. The van der Waals surface area contributed by atoms with Crippen molar-refractivity contribution in [2.24, 2.45) is 0 Å². The Morgan fingerprint density at radius 3 is 2.64 bits per heavy atom. The number of rotatable bonds is 4.